The van der Waals surface area contributed by atoms with Gasteiger partial charge in [0.05, 0.1) is 17.2 Å². The Hall–Kier alpha value is -2.86. The molecule has 0 spiro atoms. The number of ether oxygens (including phenoxy) is 2. The van der Waals surface area contributed by atoms with Crippen molar-refractivity contribution in [3.8, 4) is 5.75 Å². The van der Waals surface area contributed by atoms with Crippen molar-refractivity contribution in [2.45, 2.75) is 69.8 Å². The first-order chi connectivity index (χ1) is 17.5. The van der Waals surface area contributed by atoms with Crippen LogP contribution in [-0.4, -0.2) is 25.0 Å². The molecule has 0 aromatic heterocycles. The molecule has 0 amide bonds. The van der Waals surface area contributed by atoms with Crippen molar-refractivity contribution in [2.24, 2.45) is 0 Å². The number of nitrogens with one attached hydrogen (secondary N) is 1. The van der Waals surface area contributed by atoms with E-state index < -0.39 is 5.92 Å². The number of hydrogen-bond acceptors (Lipinski definition) is 5. The topological polar surface area (TPSA) is 64.6 Å². The van der Waals surface area contributed by atoms with Gasteiger partial charge < -0.3 is 14.8 Å². The van der Waals surface area contributed by atoms with Crippen molar-refractivity contribution in [2.75, 3.05) is 7.11 Å². The second-order valence-corrected chi connectivity index (χ2v) is 10.8. The van der Waals surface area contributed by atoms with Crippen LogP contribution in [0.2, 0.25) is 0 Å². The molecule has 6 heteroatoms. The predicted molar refractivity (Wildman–Crippen MR) is 143 cm³/mol. The summed E-state index contributed by atoms with van der Waals surface area (Å²) in [6, 6.07) is 16.0. The van der Waals surface area contributed by atoms with Gasteiger partial charge in [-0.1, -0.05) is 42.8 Å². The first-order valence-electron chi connectivity index (χ1n) is 12.8. The first kappa shape index (κ1) is 24.8. The Morgan fingerprint density at radius 3 is 2.44 bits per heavy atom. The van der Waals surface area contributed by atoms with Crippen LogP contribution < -0.4 is 10.1 Å². The number of esters is 1. The maximum absolute atomic E-state index is 13.8. The zero-order chi connectivity index (χ0) is 25.2. The zero-order valence-electron chi connectivity index (χ0n) is 20.8. The Kier molecular flexibility index (Phi) is 7.33. The lowest BCUT2D eigenvalue weighted by Crippen LogP contribution is -2.37. The molecule has 2 aromatic carbocycles. The summed E-state index contributed by atoms with van der Waals surface area (Å²) in [5.74, 6) is 0.0759. The molecular formula is C30H32BrNO4. The van der Waals surface area contributed by atoms with Crippen LogP contribution >= 0.6 is 15.9 Å². The number of Topliss-reactive ketones (excluding diaryl/α,β-unsaturated/α-hetero) is 1. The van der Waals surface area contributed by atoms with E-state index in [-0.39, 0.29) is 23.8 Å². The van der Waals surface area contributed by atoms with E-state index in [1.807, 2.05) is 43.3 Å². The Morgan fingerprint density at radius 2 is 1.75 bits per heavy atom. The normalized spacial score (nSPS) is 22.7. The van der Waals surface area contributed by atoms with Crippen LogP contribution in [0.3, 0.4) is 0 Å². The molecule has 2 aliphatic carbocycles. The van der Waals surface area contributed by atoms with Crippen LogP contribution in [0.4, 0.5) is 0 Å². The van der Waals surface area contributed by atoms with Crippen LogP contribution in [0.25, 0.3) is 0 Å². The molecule has 36 heavy (non-hydrogen) atoms. The molecular weight excluding hydrogens is 518 g/mol. The van der Waals surface area contributed by atoms with E-state index in [9.17, 15) is 9.59 Å². The van der Waals surface area contributed by atoms with Crippen molar-refractivity contribution >= 4 is 27.7 Å². The van der Waals surface area contributed by atoms with Gasteiger partial charge in [0.15, 0.2) is 5.78 Å². The molecule has 1 N–H and O–H groups in total. The van der Waals surface area contributed by atoms with Gasteiger partial charge >= 0.3 is 5.97 Å². The van der Waals surface area contributed by atoms with Crippen molar-refractivity contribution in [3.63, 3.8) is 0 Å². The maximum Gasteiger partial charge on any atom is 0.337 e. The Morgan fingerprint density at radius 1 is 1.00 bits per heavy atom. The summed E-state index contributed by atoms with van der Waals surface area (Å²) in [5, 5.41) is 3.45. The van der Waals surface area contributed by atoms with Gasteiger partial charge in [-0.25, -0.2) is 4.79 Å². The Bertz CT molecular complexity index is 1230. The van der Waals surface area contributed by atoms with Gasteiger partial charge in [0.2, 0.25) is 0 Å². The summed E-state index contributed by atoms with van der Waals surface area (Å²) < 4.78 is 12.2. The third-order valence-electron chi connectivity index (χ3n) is 7.65. The molecule has 0 saturated heterocycles. The largest absolute Gasteiger partial charge is 0.496 e. The average Bonchev–Trinajstić information content (AvgIpc) is 2.88. The number of methoxy groups -OCH3 is 1. The number of hydrogen-bond donors (Lipinski definition) is 1. The molecule has 2 atom stereocenters. The highest BCUT2D eigenvalue weighted by Crippen LogP contribution is 2.47. The predicted octanol–water partition coefficient (Wildman–Crippen LogP) is 6.70. The summed E-state index contributed by atoms with van der Waals surface area (Å²) in [7, 11) is 1.62. The van der Waals surface area contributed by atoms with Gasteiger partial charge in [0.1, 0.15) is 11.9 Å². The van der Waals surface area contributed by atoms with Gasteiger partial charge in [-0.2, -0.15) is 0 Å². The standard InChI is InChI=1S/C30H32BrNO4/c1-18-27(30(34)36-22-11-7-4-8-12-22)28(20-13-14-26(35-2)23(31)15-20)29-24(32-18)16-21(17-25(29)33)19-9-5-3-6-10-19/h3,5-6,9-10,13-15,21-22,28,32H,4,7-8,11-12,16-17H2,1-2H3/t21-,28+/m1/s1. The minimum absolute atomic E-state index is 0.0605. The van der Waals surface area contributed by atoms with E-state index in [1.165, 1.54) is 6.42 Å². The Balaban J connectivity index is 1.55. The molecule has 188 valence electrons. The van der Waals surface area contributed by atoms with Crippen LogP contribution in [0.5, 0.6) is 5.75 Å². The number of carbonyl (C=O) groups excluding carboxylic acids is 2. The van der Waals surface area contributed by atoms with Crippen molar-refractivity contribution in [3.05, 3.63) is 86.7 Å². The third kappa shape index (κ3) is 4.88. The summed E-state index contributed by atoms with van der Waals surface area (Å²) in [5.41, 5.74) is 4.91. The molecule has 1 fully saturated rings. The van der Waals surface area contributed by atoms with Crippen LogP contribution in [-0.2, 0) is 14.3 Å². The fraction of sp³-hybridized carbons (Fsp3) is 0.400. The average molecular weight is 550 g/mol. The summed E-state index contributed by atoms with van der Waals surface area (Å²) in [4.78, 5) is 27.4. The fourth-order valence-electron chi connectivity index (χ4n) is 5.86. The molecule has 0 bridgehead atoms. The van der Waals surface area contributed by atoms with Gasteiger partial charge in [0.25, 0.3) is 0 Å². The molecule has 1 heterocycles. The number of halogens is 1. The highest BCUT2D eigenvalue weighted by molar-refractivity contribution is 9.10. The van der Waals surface area contributed by atoms with Crippen LogP contribution in [0, 0.1) is 0 Å². The monoisotopic (exact) mass is 549 g/mol. The van der Waals surface area contributed by atoms with E-state index in [2.05, 4.69) is 33.4 Å². The number of ketones is 1. The van der Waals surface area contributed by atoms with Crippen molar-refractivity contribution in [1.29, 1.82) is 0 Å². The lowest BCUT2D eigenvalue weighted by Gasteiger charge is -2.37. The minimum Gasteiger partial charge on any atom is -0.496 e. The maximum atomic E-state index is 13.8. The molecule has 2 aromatic rings. The quantitative estimate of drug-likeness (QED) is 0.420. The van der Waals surface area contributed by atoms with Crippen molar-refractivity contribution < 1.29 is 19.1 Å². The van der Waals surface area contributed by atoms with Gasteiger partial charge in [-0.15, -0.1) is 0 Å². The number of rotatable bonds is 5. The summed E-state index contributed by atoms with van der Waals surface area (Å²) >= 11 is 3.60. The molecule has 5 rings (SSSR count). The summed E-state index contributed by atoms with van der Waals surface area (Å²) in [6.07, 6.45) is 6.23. The highest BCUT2D eigenvalue weighted by atomic mass is 79.9. The molecule has 0 radical (unpaired) electrons. The number of benzene rings is 2. The number of dihydropyridines is 1. The van der Waals surface area contributed by atoms with E-state index >= 15 is 0 Å². The molecule has 1 aliphatic heterocycles. The number of allylic oxidation sites excluding steroid dienone is 3. The van der Waals surface area contributed by atoms with E-state index in [1.54, 1.807) is 7.11 Å². The molecule has 0 unspecified atom stereocenters. The number of carbonyl (C=O) groups is 2. The van der Waals surface area contributed by atoms with E-state index in [0.717, 1.165) is 59.1 Å². The SMILES string of the molecule is COc1ccc([C@H]2C(C(=O)OC3CCCCC3)=C(C)NC3=C2C(=O)C[C@H](c2ccccc2)C3)cc1Br. The smallest absolute Gasteiger partial charge is 0.337 e. The van der Waals surface area contributed by atoms with Gasteiger partial charge in [-0.05, 0) is 84.1 Å². The van der Waals surface area contributed by atoms with Crippen molar-refractivity contribution in [1.82, 2.24) is 5.32 Å². The minimum atomic E-state index is -0.483. The van der Waals surface area contributed by atoms with E-state index in [4.69, 9.17) is 9.47 Å². The Labute approximate surface area is 221 Å². The molecule has 5 nitrogen and oxygen atoms in total. The second kappa shape index (κ2) is 10.6. The molecule has 3 aliphatic rings. The van der Waals surface area contributed by atoms with Gasteiger partial charge in [-0.3, -0.25) is 4.79 Å². The van der Waals surface area contributed by atoms with E-state index in [0.29, 0.717) is 23.3 Å². The second-order valence-electron chi connectivity index (χ2n) is 9.99. The van der Waals surface area contributed by atoms with Crippen LogP contribution in [0.1, 0.15) is 74.8 Å². The third-order valence-corrected chi connectivity index (χ3v) is 8.27. The van der Waals surface area contributed by atoms with Crippen LogP contribution in [0.15, 0.2) is 75.5 Å². The highest BCUT2D eigenvalue weighted by Gasteiger charge is 2.42. The summed E-state index contributed by atoms with van der Waals surface area (Å²) in [6.45, 7) is 1.92. The molecule has 1 saturated carbocycles. The fourth-order valence-corrected chi connectivity index (χ4v) is 6.42. The first-order valence-corrected chi connectivity index (χ1v) is 13.6. The lowest BCUT2D eigenvalue weighted by molar-refractivity contribution is -0.146. The van der Waals surface area contributed by atoms with Gasteiger partial charge in [0, 0.05) is 29.3 Å². The zero-order valence-corrected chi connectivity index (χ0v) is 22.4. The lowest BCUT2D eigenvalue weighted by atomic mass is 9.71.